The highest BCUT2D eigenvalue weighted by molar-refractivity contribution is 7.83. The highest BCUT2D eigenvalue weighted by Crippen LogP contribution is 2.52. The van der Waals surface area contributed by atoms with Crippen molar-refractivity contribution in [3.63, 3.8) is 0 Å². The molecule has 2 rings (SSSR count). The van der Waals surface area contributed by atoms with Gasteiger partial charge < -0.3 is 14.0 Å². The summed E-state index contributed by atoms with van der Waals surface area (Å²) in [6.45, 7) is 0. The van der Waals surface area contributed by atoms with Gasteiger partial charge in [-0.15, -0.1) is 0 Å². The van der Waals surface area contributed by atoms with E-state index < -0.39 is 19.1 Å². The summed E-state index contributed by atoms with van der Waals surface area (Å²) in [5.74, 6) is -1.61. The van der Waals surface area contributed by atoms with E-state index in [4.69, 9.17) is 4.74 Å². The van der Waals surface area contributed by atoms with Crippen LogP contribution in [0.15, 0.2) is 72.1 Å². The molecule has 0 heterocycles. The maximum atomic E-state index is 14.0. The molecule has 2 aromatic carbocycles. The number of esters is 2. The third kappa shape index (κ3) is 3.47. The average Bonchev–Trinajstić information content (AvgIpc) is 2.66. The molecule has 0 radical (unpaired) electrons. The summed E-state index contributed by atoms with van der Waals surface area (Å²) >= 11 is 0. The lowest BCUT2D eigenvalue weighted by molar-refractivity contribution is -0.137. The molecule has 6 heteroatoms. The molecule has 0 saturated heterocycles. The summed E-state index contributed by atoms with van der Waals surface area (Å²) in [5.41, 5.74) is 0. The Morgan fingerprint density at radius 1 is 0.833 bits per heavy atom. The number of carbonyl (C=O) groups is 2. The molecular weight excluding hydrogens is 327 g/mol. The number of ether oxygens (including phenoxy) is 2. The zero-order valence-electron chi connectivity index (χ0n) is 13.3. The van der Waals surface area contributed by atoms with Gasteiger partial charge in [-0.05, 0) is 0 Å². The van der Waals surface area contributed by atoms with Gasteiger partial charge in [0.1, 0.15) is 5.31 Å². The van der Waals surface area contributed by atoms with Crippen LogP contribution in [0.4, 0.5) is 0 Å². The normalized spacial score (nSPS) is 11.7. The van der Waals surface area contributed by atoms with E-state index in [-0.39, 0.29) is 5.31 Å². The fraction of sp³-hybridized carbons (Fsp3) is 0.111. The Morgan fingerprint density at radius 3 is 1.67 bits per heavy atom. The molecule has 2 aromatic rings. The molecule has 0 unspecified atom stereocenters. The highest BCUT2D eigenvalue weighted by Gasteiger charge is 2.37. The third-order valence-corrected chi connectivity index (χ3v) is 6.47. The number of methoxy groups -OCH3 is 2. The van der Waals surface area contributed by atoms with Crippen molar-refractivity contribution in [3.8, 4) is 0 Å². The van der Waals surface area contributed by atoms with E-state index in [1.165, 1.54) is 14.2 Å². The second kappa shape index (κ2) is 7.75. The van der Waals surface area contributed by atoms with Crippen molar-refractivity contribution in [1.29, 1.82) is 0 Å². The fourth-order valence-corrected chi connectivity index (χ4v) is 4.93. The van der Waals surface area contributed by atoms with Crippen LogP contribution in [0.2, 0.25) is 0 Å². The van der Waals surface area contributed by atoms with E-state index in [1.807, 2.05) is 0 Å². The molecule has 24 heavy (non-hydrogen) atoms. The number of rotatable bonds is 5. The molecule has 0 bridgehead atoms. The van der Waals surface area contributed by atoms with Crippen molar-refractivity contribution in [3.05, 3.63) is 72.1 Å². The zero-order valence-corrected chi connectivity index (χ0v) is 14.2. The van der Waals surface area contributed by atoms with E-state index in [0.717, 1.165) is 6.08 Å². The predicted molar refractivity (Wildman–Crippen MR) is 91.9 cm³/mol. The minimum absolute atomic E-state index is 0.228. The first-order valence-corrected chi connectivity index (χ1v) is 8.84. The molecule has 0 aliphatic carbocycles. The van der Waals surface area contributed by atoms with E-state index in [9.17, 15) is 14.2 Å². The van der Waals surface area contributed by atoms with Crippen LogP contribution in [0.1, 0.15) is 0 Å². The first kappa shape index (κ1) is 17.7. The van der Waals surface area contributed by atoms with E-state index in [1.54, 1.807) is 60.7 Å². The summed E-state index contributed by atoms with van der Waals surface area (Å²) < 4.78 is 23.3. The number of hydrogen-bond donors (Lipinski definition) is 0. The van der Waals surface area contributed by atoms with Gasteiger partial charge in [0.2, 0.25) is 0 Å². The Morgan fingerprint density at radius 2 is 1.29 bits per heavy atom. The Labute approximate surface area is 140 Å². The second-order valence-corrected chi connectivity index (χ2v) is 7.56. The molecule has 0 N–H and O–H groups in total. The van der Waals surface area contributed by atoms with Crippen molar-refractivity contribution >= 4 is 29.7 Å². The first-order chi connectivity index (χ1) is 11.5. The second-order valence-electron chi connectivity index (χ2n) is 4.82. The molecular formula is C18H17O5P. The van der Waals surface area contributed by atoms with Gasteiger partial charge in [-0.3, -0.25) is 0 Å². The van der Waals surface area contributed by atoms with Gasteiger partial charge in [-0.1, -0.05) is 60.7 Å². The van der Waals surface area contributed by atoms with Crippen LogP contribution in [0.3, 0.4) is 0 Å². The molecule has 0 amide bonds. The highest BCUT2D eigenvalue weighted by atomic mass is 31.2. The Kier molecular flexibility index (Phi) is 5.72. The van der Waals surface area contributed by atoms with Gasteiger partial charge >= 0.3 is 11.9 Å². The van der Waals surface area contributed by atoms with E-state index in [2.05, 4.69) is 4.74 Å². The number of carbonyl (C=O) groups excluding carboxylic acids is 2. The van der Waals surface area contributed by atoms with Crippen LogP contribution in [0, 0.1) is 0 Å². The van der Waals surface area contributed by atoms with Crippen molar-refractivity contribution in [2.75, 3.05) is 14.2 Å². The average molecular weight is 344 g/mol. The van der Waals surface area contributed by atoms with Crippen LogP contribution in [0.5, 0.6) is 0 Å². The predicted octanol–water partition coefficient (Wildman–Crippen LogP) is 2.23. The molecule has 0 aliphatic rings. The SMILES string of the molecule is COC(=O)/C=C(\C(=O)OC)P(=O)(c1ccccc1)c1ccccc1. The summed E-state index contributed by atoms with van der Waals surface area (Å²) in [6.07, 6.45) is 0.937. The Balaban J connectivity index is 2.78. The van der Waals surface area contributed by atoms with Crippen LogP contribution in [-0.4, -0.2) is 26.2 Å². The van der Waals surface area contributed by atoms with Gasteiger partial charge in [-0.25, -0.2) is 9.59 Å². The van der Waals surface area contributed by atoms with Gasteiger partial charge in [0.15, 0.2) is 7.14 Å². The molecule has 0 fully saturated rings. The number of benzene rings is 2. The minimum Gasteiger partial charge on any atom is -0.466 e. The quantitative estimate of drug-likeness (QED) is 0.473. The first-order valence-electron chi connectivity index (χ1n) is 7.14. The summed E-state index contributed by atoms with van der Waals surface area (Å²) in [6, 6.07) is 17.1. The van der Waals surface area contributed by atoms with Gasteiger partial charge in [0.05, 0.1) is 14.2 Å². The third-order valence-electron chi connectivity index (χ3n) is 3.43. The Hall–Kier alpha value is -2.65. The van der Waals surface area contributed by atoms with Crippen LogP contribution in [-0.2, 0) is 23.6 Å². The maximum Gasteiger partial charge on any atom is 0.342 e. The van der Waals surface area contributed by atoms with E-state index in [0.29, 0.717) is 10.6 Å². The number of hydrogen-bond acceptors (Lipinski definition) is 5. The lowest BCUT2D eigenvalue weighted by Crippen LogP contribution is -2.22. The van der Waals surface area contributed by atoms with Crippen LogP contribution < -0.4 is 10.6 Å². The van der Waals surface area contributed by atoms with Crippen molar-refractivity contribution in [1.82, 2.24) is 0 Å². The molecule has 0 atom stereocenters. The standard InChI is InChI=1S/C18H17O5P/c1-22-17(19)13-16(18(20)23-2)24(21,14-9-5-3-6-10-14)15-11-7-4-8-12-15/h3-13H,1-2H3/b16-13+. The van der Waals surface area contributed by atoms with Crippen LogP contribution in [0.25, 0.3) is 0 Å². The van der Waals surface area contributed by atoms with Gasteiger partial charge in [-0.2, -0.15) is 0 Å². The van der Waals surface area contributed by atoms with Crippen molar-refractivity contribution in [2.24, 2.45) is 0 Å². The van der Waals surface area contributed by atoms with Crippen LogP contribution >= 0.6 is 7.14 Å². The molecule has 0 spiro atoms. The Bertz CT molecular complexity index is 753. The minimum atomic E-state index is -3.59. The topological polar surface area (TPSA) is 69.7 Å². The summed E-state index contributed by atoms with van der Waals surface area (Å²) in [5, 5.41) is 0.628. The smallest absolute Gasteiger partial charge is 0.342 e. The summed E-state index contributed by atoms with van der Waals surface area (Å²) in [7, 11) is -1.23. The molecule has 5 nitrogen and oxygen atoms in total. The van der Waals surface area contributed by atoms with Gasteiger partial charge in [0, 0.05) is 16.7 Å². The molecule has 0 saturated carbocycles. The summed E-state index contributed by atoms with van der Waals surface area (Å²) in [4.78, 5) is 24.0. The van der Waals surface area contributed by atoms with Crippen molar-refractivity contribution in [2.45, 2.75) is 0 Å². The fourth-order valence-electron chi connectivity index (χ4n) is 2.26. The largest absolute Gasteiger partial charge is 0.466 e. The lowest BCUT2D eigenvalue weighted by atomic mass is 10.4. The van der Waals surface area contributed by atoms with Crippen molar-refractivity contribution < 1.29 is 23.6 Å². The monoisotopic (exact) mass is 344 g/mol. The molecule has 0 aliphatic heterocycles. The zero-order chi connectivity index (χ0) is 17.6. The molecule has 0 aromatic heterocycles. The van der Waals surface area contributed by atoms with Gasteiger partial charge in [0.25, 0.3) is 0 Å². The maximum absolute atomic E-state index is 14.0. The van der Waals surface area contributed by atoms with E-state index >= 15 is 0 Å². The molecule has 124 valence electrons. The lowest BCUT2D eigenvalue weighted by Gasteiger charge is -2.20.